The minimum absolute atomic E-state index is 0.0223. The van der Waals surface area contributed by atoms with Gasteiger partial charge in [-0.15, -0.1) is 0 Å². The molecule has 0 radical (unpaired) electrons. The van der Waals surface area contributed by atoms with Crippen molar-refractivity contribution >= 4 is 22.5 Å². The van der Waals surface area contributed by atoms with E-state index in [0.29, 0.717) is 47.4 Å². The van der Waals surface area contributed by atoms with E-state index < -0.39 is 11.5 Å². The van der Waals surface area contributed by atoms with E-state index in [1.807, 2.05) is 18.3 Å². The number of amides is 1. The van der Waals surface area contributed by atoms with Gasteiger partial charge in [0, 0.05) is 43.3 Å². The van der Waals surface area contributed by atoms with E-state index in [-0.39, 0.29) is 5.69 Å². The number of aryl methyl sites for hydroxylation is 2. The molecule has 1 aromatic carbocycles. The summed E-state index contributed by atoms with van der Waals surface area (Å²) in [6.07, 6.45) is 4.73. The maximum Gasteiger partial charge on any atom is 0.321 e. The van der Waals surface area contributed by atoms with Crippen LogP contribution in [0.15, 0.2) is 36.5 Å². The highest BCUT2D eigenvalue weighted by Gasteiger charge is 2.24. The van der Waals surface area contributed by atoms with Gasteiger partial charge in [0.1, 0.15) is 5.75 Å². The van der Waals surface area contributed by atoms with Crippen molar-refractivity contribution in [2.45, 2.75) is 52.2 Å². The molecule has 0 unspecified atom stereocenters. The molecule has 2 N–H and O–H groups in total. The van der Waals surface area contributed by atoms with E-state index in [4.69, 9.17) is 4.74 Å². The molecule has 1 aliphatic carbocycles. The van der Waals surface area contributed by atoms with E-state index in [1.54, 1.807) is 37.6 Å². The molecular formula is C23H28N4O4. The van der Waals surface area contributed by atoms with Crippen LogP contribution in [0, 0.1) is 18.0 Å². The molecule has 0 bridgehead atoms. The van der Waals surface area contributed by atoms with Crippen LogP contribution in [0.3, 0.4) is 0 Å². The van der Waals surface area contributed by atoms with Gasteiger partial charge >= 0.3 is 5.91 Å². The van der Waals surface area contributed by atoms with Gasteiger partial charge in [0.15, 0.2) is 5.69 Å². The largest absolute Gasteiger partial charge is 0.618 e. The van der Waals surface area contributed by atoms with Gasteiger partial charge in [-0.2, -0.15) is 9.83 Å². The number of hydrogen-bond acceptors (Lipinski definition) is 5. The minimum Gasteiger partial charge on any atom is -0.618 e. The summed E-state index contributed by atoms with van der Waals surface area (Å²) in [5, 5.41) is 30.5. The van der Waals surface area contributed by atoms with Crippen LogP contribution in [-0.2, 0) is 6.54 Å². The van der Waals surface area contributed by atoms with Gasteiger partial charge in [0.2, 0.25) is 0 Å². The number of pyridine rings is 1. The van der Waals surface area contributed by atoms with Crippen LogP contribution in [0.5, 0.6) is 5.75 Å². The van der Waals surface area contributed by atoms with Crippen molar-refractivity contribution in [2.75, 3.05) is 11.9 Å². The Morgan fingerprint density at radius 2 is 2.16 bits per heavy atom. The Hall–Kier alpha value is -3.13. The number of carbonyl (C=O) groups excluding carboxylic acids is 1. The molecule has 3 aromatic rings. The van der Waals surface area contributed by atoms with Gasteiger partial charge in [-0.05, 0) is 51.2 Å². The number of ether oxygens (including phenoxy) is 1. The van der Waals surface area contributed by atoms with Crippen LogP contribution in [0.2, 0.25) is 0 Å². The number of anilines is 1. The van der Waals surface area contributed by atoms with Crippen LogP contribution in [-0.4, -0.2) is 33.0 Å². The fraction of sp³-hybridized carbons (Fsp3) is 0.435. The summed E-state index contributed by atoms with van der Waals surface area (Å²) in [5.74, 6) is 0.582. The summed E-state index contributed by atoms with van der Waals surface area (Å²) < 4.78 is 8.40. The average molecular weight is 425 g/mol. The molecule has 31 heavy (non-hydrogen) atoms. The van der Waals surface area contributed by atoms with Crippen molar-refractivity contribution in [3.05, 3.63) is 53.1 Å². The van der Waals surface area contributed by atoms with Crippen molar-refractivity contribution in [1.29, 1.82) is 0 Å². The van der Waals surface area contributed by atoms with E-state index >= 15 is 0 Å². The maximum absolute atomic E-state index is 12.8. The molecule has 0 atom stereocenters. The van der Waals surface area contributed by atoms with Gasteiger partial charge in [-0.25, -0.2) is 0 Å². The van der Waals surface area contributed by atoms with Crippen LogP contribution >= 0.6 is 0 Å². The van der Waals surface area contributed by atoms with Gasteiger partial charge in [0.05, 0.1) is 23.4 Å². The number of aromatic nitrogens is 3. The Bertz CT molecular complexity index is 1110. The highest BCUT2D eigenvalue weighted by atomic mass is 16.5. The Morgan fingerprint density at radius 1 is 1.39 bits per heavy atom. The molecule has 1 fully saturated rings. The summed E-state index contributed by atoms with van der Waals surface area (Å²) in [4.78, 5) is 12.8. The minimum atomic E-state index is -0.780. The third-order valence-corrected chi connectivity index (χ3v) is 5.39. The highest BCUT2D eigenvalue weighted by Crippen LogP contribution is 2.34. The van der Waals surface area contributed by atoms with Gasteiger partial charge in [-0.1, -0.05) is 0 Å². The molecule has 164 valence electrons. The zero-order valence-corrected chi connectivity index (χ0v) is 18.1. The number of nitrogens with one attached hydrogen (secondary N) is 1. The number of hydrogen-bond donors (Lipinski definition) is 2. The predicted octanol–water partition coefficient (Wildman–Crippen LogP) is 3.18. The second-order valence-corrected chi connectivity index (χ2v) is 8.92. The lowest BCUT2D eigenvalue weighted by molar-refractivity contribution is -0.614. The van der Waals surface area contributed by atoms with E-state index in [9.17, 15) is 15.1 Å². The topological polar surface area (TPSA) is 103 Å². The smallest absolute Gasteiger partial charge is 0.321 e. The third kappa shape index (κ3) is 5.14. The second-order valence-electron chi connectivity index (χ2n) is 8.92. The van der Waals surface area contributed by atoms with Crippen LogP contribution in [0.1, 0.15) is 49.3 Å². The molecule has 0 spiro atoms. The summed E-state index contributed by atoms with van der Waals surface area (Å²) in [5.41, 5.74) is 0.934. The molecule has 1 saturated carbocycles. The first-order chi connectivity index (χ1) is 14.7. The first kappa shape index (κ1) is 21.1. The molecular weight excluding hydrogens is 396 g/mol. The van der Waals surface area contributed by atoms with Crippen LogP contribution in [0.4, 0.5) is 5.69 Å². The van der Waals surface area contributed by atoms with E-state index in [1.165, 1.54) is 6.07 Å². The summed E-state index contributed by atoms with van der Waals surface area (Å²) in [6.45, 7) is 6.34. The average Bonchev–Trinajstić information content (AvgIpc) is 3.44. The monoisotopic (exact) mass is 424 g/mol. The van der Waals surface area contributed by atoms with Crippen molar-refractivity contribution < 1.29 is 19.4 Å². The molecule has 2 aromatic heterocycles. The lowest BCUT2D eigenvalue weighted by Crippen LogP contribution is -2.39. The van der Waals surface area contributed by atoms with Crippen LogP contribution in [0.25, 0.3) is 10.9 Å². The van der Waals surface area contributed by atoms with Gasteiger partial charge in [-0.3, -0.25) is 9.48 Å². The molecule has 4 rings (SSSR count). The number of fused-ring (bicyclic) bond motifs is 1. The third-order valence-electron chi connectivity index (χ3n) is 5.39. The molecule has 1 aliphatic rings. The summed E-state index contributed by atoms with van der Waals surface area (Å²) >= 11 is 0. The molecule has 1 amide bonds. The molecule has 8 nitrogen and oxygen atoms in total. The lowest BCUT2D eigenvalue weighted by atomic mass is 10.1. The quantitative estimate of drug-likeness (QED) is 0.427. The van der Waals surface area contributed by atoms with E-state index in [0.717, 1.165) is 23.7 Å². The number of rotatable bonds is 8. The number of nitrogens with zero attached hydrogens (tertiary/aromatic N) is 3. The van der Waals surface area contributed by atoms with Gasteiger partial charge < -0.3 is 20.4 Å². The molecule has 0 saturated heterocycles. The highest BCUT2D eigenvalue weighted by molar-refractivity contribution is 6.04. The van der Waals surface area contributed by atoms with Crippen molar-refractivity contribution in [3.8, 4) is 5.75 Å². The van der Waals surface area contributed by atoms with Crippen molar-refractivity contribution in [2.24, 2.45) is 5.92 Å². The Kier molecular flexibility index (Phi) is 5.58. The molecule has 2 heterocycles. The summed E-state index contributed by atoms with van der Waals surface area (Å²) in [7, 11) is 0. The number of benzene rings is 1. The summed E-state index contributed by atoms with van der Waals surface area (Å²) in [6, 6.07) is 8.46. The standard InChI is InChI=1S/C23H28N4O4/c1-15-5-4-6-20(27(15)30)22(28)24-19-11-17-13-26(10-9-23(2,3)29)25-18(17)12-21(19)31-14-16-7-8-16/h4-6,11-13,16,29H,7-10,14H2,1-3H3,(H,24,28). The van der Waals surface area contributed by atoms with Gasteiger partial charge in [0.25, 0.3) is 5.69 Å². The zero-order chi connectivity index (χ0) is 22.2. The molecule has 8 heteroatoms. The Morgan fingerprint density at radius 3 is 2.87 bits per heavy atom. The predicted molar refractivity (Wildman–Crippen MR) is 117 cm³/mol. The Balaban J connectivity index is 1.63. The maximum atomic E-state index is 12.8. The fourth-order valence-corrected chi connectivity index (χ4v) is 3.27. The van der Waals surface area contributed by atoms with Crippen LogP contribution < -0.4 is 14.8 Å². The SMILES string of the molecule is Cc1cccc(C(=O)Nc2cc3cn(CCC(C)(C)O)nc3cc2OCC2CC2)[n+]1[O-]. The lowest BCUT2D eigenvalue weighted by Gasteiger charge is -2.16. The second kappa shape index (κ2) is 8.19. The fourth-order valence-electron chi connectivity index (χ4n) is 3.27. The normalized spacial score (nSPS) is 14.1. The van der Waals surface area contributed by atoms with E-state index in [2.05, 4.69) is 10.4 Å². The zero-order valence-electron chi connectivity index (χ0n) is 18.1. The number of aliphatic hydroxyl groups is 1. The number of carbonyl (C=O) groups is 1. The first-order valence-corrected chi connectivity index (χ1v) is 10.6. The van der Waals surface area contributed by atoms with Crippen molar-refractivity contribution in [3.63, 3.8) is 0 Å². The Labute approximate surface area is 181 Å². The first-order valence-electron chi connectivity index (χ1n) is 10.6. The molecule has 0 aliphatic heterocycles. The van der Waals surface area contributed by atoms with Crippen molar-refractivity contribution in [1.82, 2.24) is 9.78 Å².